The number of hydrogen-bond donors (Lipinski definition) is 3. The highest BCUT2D eigenvalue weighted by molar-refractivity contribution is 5.93. The summed E-state index contributed by atoms with van der Waals surface area (Å²) in [5.41, 5.74) is 4.91. The quantitative estimate of drug-likeness (QED) is 0.566. The minimum atomic E-state index is -1.03. The second kappa shape index (κ2) is 10.1. The van der Waals surface area contributed by atoms with Gasteiger partial charge in [0.2, 0.25) is 5.91 Å². The third-order valence-corrected chi connectivity index (χ3v) is 6.40. The van der Waals surface area contributed by atoms with Gasteiger partial charge in [0.1, 0.15) is 6.61 Å². The van der Waals surface area contributed by atoms with Crippen molar-refractivity contribution in [2.45, 2.75) is 25.4 Å². The minimum Gasteiger partial charge on any atom is -0.481 e. The first-order chi connectivity index (χ1) is 16.3. The van der Waals surface area contributed by atoms with Crippen molar-refractivity contribution in [3.63, 3.8) is 0 Å². The van der Waals surface area contributed by atoms with E-state index < -0.39 is 24.1 Å². The smallest absolute Gasteiger partial charge is 0.407 e. The number of aliphatic carboxylic acids is 1. The summed E-state index contributed by atoms with van der Waals surface area (Å²) in [6, 6.07) is 16.2. The molecule has 1 aliphatic carbocycles. The van der Waals surface area contributed by atoms with Crippen molar-refractivity contribution in [1.29, 1.82) is 0 Å². The first-order valence-corrected chi connectivity index (χ1v) is 11.3. The number of carboxylic acid groups (broad SMARTS) is 1. The number of carbonyl (C=O) groups excluding carboxylic acids is 2. The van der Waals surface area contributed by atoms with Gasteiger partial charge in [-0.05, 0) is 35.6 Å². The molecule has 0 radical (unpaired) electrons. The van der Waals surface area contributed by atoms with Crippen LogP contribution in [0.3, 0.4) is 0 Å². The molecule has 8 nitrogen and oxygen atoms in total. The number of aliphatic hydroxyl groups excluding tert-OH is 1. The summed E-state index contributed by atoms with van der Waals surface area (Å²) < 4.78 is 5.48. The predicted octanol–water partition coefficient (Wildman–Crippen LogP) is 2.77. The molecule has 2 atom stereocenters. The SMILES string of the molecule is C/C(=C\CNC(=O)OCC1c2ccccc2-c2ccccc21)C(=O)N1CC(O)CC(C(=O)O)C1. The highest BCUT2D eigenvalue weighted by Crippen LogP contribution is 2.44. The molecule has 0 aromatic heterocycles. The molecule has 4 rings (SSSR count). The average Bonchev–Trinajstić information content (AvgIpc) is 3.15. The van der Waals surface area contributed by atoms with E-state index in [9.17, 15) is 24.6 Å². The van der Waals surface area contributed by atoms with Crippen molar-refractivity contribution in [1.82, 2.24) is 10.2 Å². The van der Waals surface area contributed by atoms with E-state index >= 15 is 0 Å². The Bertz CT molecular complexity index is 1080. The molecule has 2 aromatic carbocycles. The summed E-state index contributed by atoms with van der Waals surface area (Å²) >= 11 is 0. The van der Waals surface area contributed by atoms with Gasteiger partial charge < -0.3 is 25.2 Å². The van der Waals surface area contributed by atoms with E-state index in [-0.39, 0.29) is 44.5 Å². The van der Waals surface area contributed by atoms with Gasteiger partial charge in [-0.2, -0.15) is 0 Å². The summed E-state index contributed by atoms with van der Waals surface area (Å²) in [5, 5.41) is 21.7. The van der Waals surface area contributed by atoms with Crippen molar-refractivity contribution in [3.05, 3.63) is 71.3 Å². The molecule has 0 spiro atoms. The van der Waals surface area contributed by atoms with Crippen LogP contribution in [0.1, 0.15) is 30.4 Å². The number of likely N-dealkylation sites (tertiary alicyclic amines) is 1. The van der Waals surface area contributed by atoms with Gasteiger partial charge in [0.15, 0.2) is 0 Å². The molecule has 0 saturated carbocycles. The Balaban J connectivity index is 1.30. The number of alkyl carbamates (subject to hydrolysis) is 1. The fourth-order valence-electron chi connectivity index (χ4n) is 4.69. The van der Waals surface area contributed by atoms with Crippen molar-refractivity contribution in [3.8, 4) is 11.1 Å². The van der Waals surface area contributed by atoms with Crippen LogP contribution in [-0.2, 0) is 14.3 Å². The van der Waals surface area contributed by atoms with Crippen molar-refractivity contribution in [2.24, 2.45) is 5.92 Å². The van der Waals surface area contributed by atoms with Gasteiger partial charge in [0.05, 0.1) is 12.0 Å². The Morgan fingerprint density at radius 1 is 1.06 bits per heavy atom. The van der Waals surface area contributed by atoms with Crippen LogP contribution in [0.15, 0.2) is 60.2 Å². The Hall–Kier alpha value is -3.65. The minimum absolute atomic E-state index is 0.0373. The van der Waals surface area contributed by atoms with Gasteiger partial charge in [-0.25, -0.2) is 4.79 Å². The zero-order valence-electron chi connectivity index (χ0n) is 18.9. The van der Waals surface area contributed by atoms with Gasteiger partial charge in [-0.15, -0.1) is 0 Å². The predicted molar refractivity (Wildman–Crippen MR) is 125 cm³/mol. The topological polar surface area (TPSA) is 116 Å². The zero-order chi connectivity index (χ0) is 24.2. The molecular formula is C26H28N2O6. The summed E-state index contributed by atoms with van der Waals surface area (Å²) in [5.74, 6) is -2.22. The molecule has 2 unspecified atom stereocenters. The molecule has 2 aromatic rings. The lowest BCUT2D eigenvalue weighted by Gasteiger charge is -2.34. The second-order valence-corrected chi connectivity index (χ2v) is 8.73. The third kappa shape index (κ3) is 4.97. The maximum atomic E-state index is 12.6. The Labute approximate surface area is 197 Å². The molecule has 1 fully saturated rings. The number of hydrogen-bond acceptors (Lipinski definition) is 5. The molecule has 1 saturated heterocycles. The molecule has 34 heavy (non-hydrogen) atoms. The number of rotatable bonds is 6. The average molecular weight is 465 g/mol. The molecule has 178 valence electrons. The molecule has 3 N–H and O–H groups in total. The lowest BCUT2D eigenvalue weighted by Crippen LogP contribution is -2.48. The summed E-state index contributed by atoms with van der Waals surface area (Å²) in [6.07, 6.45) is 0.231. The largest absolute Gasteiger partial charge is 0.481 e. The fourth-order valence-corrected chi connectivity index (χ4v) is 4.69. The Kier molecular flexibility index (Phi) is 6.98. The molecule has 2 aliphatic rings. The number of nitrogens with one attached hydrogen (secondary N) is 1. The normalized spacial score (nSPS) is 19.8. The number of fused-ring (bicyclic) bond motifs is 3. The van der Waals surface area contributed by atoms with Crippen LogP contribution in [-0.4, -0.2) is 65.4 Å². The maximum Gasteiger partial charge on any atom is 0.407 e. The van der Waals surface area contributed by atoms with Crippen molar-refractivity contribution >= 4 is 18.0 Å². The van der Waals surface area contributed by atoms with Crippen molar-refractivity contribution < 1.29 is 29.3 Å². The monoisotopic (exact) mass is 464 g/mol. The number of ether oxygens (including phenoxy) is 1. The summed E-state index contributed by atoms with van der Waals surface area (Å²) in [7, 11) is 0. The lowest BCUT2D eigenvalue weighted by atomic mass is 9.95. The van der Waals surface area contributed by atoms with Crippen LogP contribution in [0.4, 0.5) is 4.79 Å². The Morgan fingerprint density at radius 3 is 2.29 bits per heavy atom. The highest BCUT2D eigenvalue weighted by Gasteiger charge is 2.33. The summed E-state index contributed by atoms with van der Waals surface area (Å²) in [6.45, 7) is 2.03. The van der Waals surface area contributed by atoms with Crippen LogP contribution in [0.2, 0.25) is 0 Å². The maximum absolute atomic E-state index is 12.6. The number of aliphatic hydroxyl groups is 1. The van der Waals surface area contributed by atoms with Gasteiger partial charge in [0, 0.05) is 31.1 Å². The van der Waals surface area contributed by atoms with Gasteiger partial charge in [-0.1, -0.05) is 54.6 Å². The van der Waals surface area contributed by atoms with E-state index in [1.807, 2.05) is 36.4 Å². The van der Waals surface area contributed by atoms with Crippen LogP contribution in [0.5, 0.6) is 0 Å². The van der Waals surface area contributed by atoms with E-state index in [1.165, 1.54) is 4.90 Å². The second-order valence-electron chi connectivity index (χ2n) is 8.73. The van der Waals surface area contributed by atoms with Gasteiger partial charge in [-0.3, -0.25) is 9.59 Å². The molecule has 1 aliphatic heterocycles. The first kappa shape index (κ1) is 23.5. The molecule has 2 amide bonds. The Morgan fingerprint density at radius 2 is 1.68 bits per heavy atom. The molecule has 8 heteroatoms. The number of amides is 2. The number of carbonyl (C=O) groups is 3. The third-order valence-electron chi connectivity index (χ3n) is 6.40. The van der Waals surface area contributed by atoms with Crippen LogP contribution >= 0.6 is 0 Å². The number of carboxylic acids is 1. The molecule has 1 heterocycles. The number of benzene rings is 2. The zero-order valence-corrected chi connectivity index (χ0v) is 18.9. The first-order valence-electron chi connectivity index (χ1n) is 11.3. The van der Waals surface area contributed by atoms with E-state index in [2.05, 4.69) is 17.4 Å². The fraction of sp³-hybridized carbons (Fsp3) is 0.346. The van der Waals surface area contributed by atoms with E-state index in [0.717, 1.165) is 22.3 Å². The lowest BCUT2D eigenvalue weighted by molar-refractivity contribution is -0.147. The number of piperidine rings is 1. The highest BCUT2D eigenvalue weighted by atomic mass is 16.5. The van der Waals surface area contributed by atoms with E-state index in [0.29, 0.717) is 5.57 Å². The van der Waals surface area contributed by atoms with Crippen molar-refractivity contribution in [2.75, 3.05) is 26.2 Å². The molecule has 0 bridgehead atoms. The van der Waals surface area contributed by atoms with Crippen LogP contribution in [0, 0.1) is 5.92 Å². The summed E-state index contributed by atoms with van der Waals surface area (Å²) in [4.78, 5) is 37.5. The standard InChI is InChI=1S/C26H28N2O6/c1-16(24(30)28-13-17(25(31)32)12-18(29)14-28)10-11-27-26(33)34-15-23-21-8-4-2-6-19(21)20-7-3-5-9-22(20)23/h2-10,17-18,23,29H,11-15H2,1H3,(H,27,33)(H,31,32)/b16-10+. The van der Waals surface area contributed by atoms with Crippen LogP contribution < -0.4 is 5.32 Å². The molecular weight excluding hydrogens is 436 g/mol. The van der Waals surface area contributed by atoms with E-state index in [4.69, 9.17) is 4.74 Å². The van der Waals surface area contributed by atoms with Crippen LogP contribution in [0.25, 0.3) is 11.1 Å². The van der Waals surface area contributed by atoms with Gasteiger partial charge in [0.25, 0.3) is 0 Å². The number of nitrogens with zero attached hydrogens (tertiary/aromatic N) is 1. The van der Waals surface area contributed by atoms with E-state index in [1.54, 1.807) is 13.0 Å². The van der Waals surface area contributed by atoms with Gasteiger partial charge >= 0.3 is 12.1 Å². The number of β-amino-alcohol motifs (C(OH)–C–C–N with tert-alkyl or cyclic N) is 1.